The minimum Gasteiger partial charge on any atom is -0.309 e. The molecule has 1 aromatic rings. The van der Waals surface area contributed by atoms with Crippen LogP contribution in [0.15, 0.2) is 30.9 Å². The zero-order valence-corrected chi connectivity index (χ0v) is 9.19. The highest BCUT2D eigenvalue weighted by Gasteiger charge is 2.30. The van der Waals surface area contributed by atoms with E-state index in [0.717, 1.165) is 6.07 Å². The lowest BCUT2D eigenvalue weighted by molar-refractivity contribution is -0.117. The quantitative estimate of drug-likeness (QED) is 0.731. The molecule has 1 atom stereocenters. The molecule has 17 heavy (non-hydrogen) atoms. The molecule has 1 heterocycles. The van der Waals surface area contributed by atoms with Crippen molar-refractivity contribution in [2.24, 2.45) is 5.92 Å². The van der Waals surface area contributed by atoms with Gasteiger partial charge in [-0.3, -0.25) is 4.79 Å². The van der Waals surface area contributed by atoms with Gasteiger partial charge in [0.05, 0.1) is 17.3 Å². The Labute approximate surface area is 98.8 Å². The molecule has 3 nitrogen and oxygen atoms in total. The summed E-state index contributed by atoms with van der Waals surface area (Å²) in [5.41, 5.74) is 0.483. The summed E-state index contributed by atoms with van der Waals surface area (Å²) in [4.78, 5) is 13.1. The predicted molar refractivity (Wildman–Crippen MR) is 61.8 cm³/mol. The number of rotatable bonds is 2. The molecule has 0 saturated carbocycles. The highest BCUT2D eigenvalue weighted by atomic mass is 19.1. The van der Waals surface area contributed by atoms with E-state index in [2.05, 4.69) is 6.58 Å². The van der Waals surface area contributed by atoms with E-state index in [1.165, 1.54) is 17.0 Å². The number of nitrogens with zero attached hydrogens (tertiary/aromatic N) is 2. The Bertz CT molecular complexity index is 519. The van der Waals surface area contributed by atoms with Crippen LogP contribution in [0.5, 0.6) is 0 Å². The Kier molecular flexibility index (Phi) is 2.92. The van der Waals surface area contributed by atoms with Crippen LogP contribution in [0.25, 0.3) is 0 Å². The van der Waals surface area contributed by atoms with Gasteiger partial charge in [0.25, 0.3) is 0 Å². The first-order chi connectivity index (χ1) is 8.15. The molecule has 0 N–H and O–H groups in total. The van der Waals surface area contributed by atoms with Crippen molar-refractivity contribution in [2.45, 2.75) is 6.42 Å². The Morgan fingerprint density at radius 2 is 2.35 bits per heavy atom. The summed E-state index contributed by atoms with van der Waals surface area (Å²) in [5, 5.41) is 8.64. The third-order valence-electron chi connectivity index (χ3n) is 2.86. The number of carbonyl (C=O) groups excluding carboxylic acids is 1. The number of carbonyl (C=O) groups is 1. The van der Waals surface area contributed by atoms with Gasteiger partial charge in [-0.2, -0.15) is 5.26 Å². The van der Waals surface area contributed by atoms with Gasteiger partial charge in [0, 0.05) is 18.9 Å². The van der Waals surface area contributed by atoms with Crippen molar-refractivity contribution >= 4 is 11.6 Å². The number of anilines is 1. The average Bonchev–Trinajstić information content (AvgIpc) is 2.70. The number of hydrogen-bond acceptors (Lipinski definition) is 2. The SMILES string of the molecule is C=CC1CC(=O)N(c2ccc(C#N)cc2F)C1. The van der Waals surface area contributed by atoms with Gasteiger partial charge in [-0.1, -0.05) is 6.08 Å². The van der Waals surface area contributed by atoms with E-state index in [-0.39, 0.29) is 23.1 Å². The molecule has 4 heteroatoms. The molecule has 0 spiro atoms. The molecule has 1 aromatic carbocycles. The van der Waals surface area contributed by atoms with E-state index in [1.54, 1.807) is 6.08 Å². The minimum atomic E-state index is -0.540. The van der Waals surface area contributed by atoms with Crippen LogP contribution in [-0.2, 0) is 4.79 Å². The van der Waals surface area contributed by atoms with Gasteiger partial charge in [-0.25, -0.2) is 4.39 Å². The summed E-state index contributed by atoms with van der Waals surface area (Å²) in [6.07, 6.45) is 2.07. The molecule has 1 amide bonds. The fraction of sp³-hybridized carbons (Fsp3) is 0.231. The van der Waals surface area contributed by atoms with Crippen LogP contribution < -0.4 is 4.90 Å². The lowest BCUT2D eigenvalue weighted by Crippen LogP contribution is -2.25. The zero-order valence-electron chi connectivity index (χ0n) is 9.19. The molecule has 2 rings (SSSR count). The van der Waals surface area contributed by atoms with Gasteiger partial charge in [0.2, 0.25) is 5.91 Å². The topological polar surface area (TPSA) is 44.1 Å². The molecule has 86 valence electrons. The average molecular weight is 230 g/mol. The van der Waals surface area contributed by atoms with Gasteiger partial charge in [0.15, 0.2) is 0 Å². The Morgan fingerprint density at radius 3 is 2.88 bits per heavy atom. The number of nitriles is 1. The maximum absolute atomic E-state index is 13.7. The van der Waals surface area contributed by atoms with Crippen LogP contribution in [0.3, 0.4) is 0 Å². The second kappa shape index (κ2) is 4.38. The van der Waals surface area contributed by atoms with E-state index in [1.807, 2.05) is 6.07 Å². The molecule has 1 unspecified atom stereocenters. The molecule has 0 aliphatic carbocycles. The summed E-state index contributed by atoms with van der Waals surface area (Å²) in [6.45, 7) is 4.09. The van der Waals surface area contributed by atoms with Gasteiger partial charge in [-0.15, -0.1) is 6.58 Å². The van der Waals surface area contributed by atoms with Crippen molar-refractivity contribution < 1.29 is 9.18 Å². The molecular formula is C13H11FN2O. The van der Waals surface area contributed by atoms with E-state index in [4.69, 9.17) is 5.26 Å². The number of hydrogen-bond donors (Lipinski definition) is 0. The van der Waals surface area contributed by atoms with Crippen LogP contribution in [0.4, 0.5) is 10.1 Å². The molecule has 1 aliphatic heterocycles. The maximum Gasteiger partial charge on any atom is 0.227 e. The third kappa shape index (κ3) is 2.04. The number of halogens is 1. The fourth-order valence-corrected chi connectivity index (χ4v) is 1.92. The summed E-state index contributed by atoms with van der Waals surface area (Å²) < 4.78 is 13.7. The van der Waals surface area contributed by atoms with E-state index >= 15 is 0 Å². The van der Waals surface area contributed by atoms with Crippen molar-refractivity contribution in [2.75, 3.05) is 11.4 Å². The molecule has 1 aliphatic rings. The van der Waals surface area contributed by atoms with Gasteiger partial charge >= 0.3 is 0 Å². The zero-order chi connectivity index (χ0) is 12.4. The second-order valence-corrected chi connectivity index (χ2v) is 3.98. The fourth-order valence-electron chi connectivity index (χ4n) is 1.92. The van der Waals surface area contributed by atoms with E-state index < -0.39 is 5.82 Å². The highest BCUT2D eigenvalue weighted by molar-refractivity contribution is 5.96. The van der Waals surface area contributed by atoms with E-state index in [0.29, 0.717) is 13.0 Å². The lowest BCUT2D eigenvalue weighted by Gasteiger charge is -2.16. The molecule has 0 radical (unpaired) electrons. The second-order valence-electron chi connectivity index (χ2n) is 3.98. The third-order valence-corrected chi connectivity index (χ3v) is 2.86. The number of amides is 1. The summed E-state index contributed by atoms with van der Waals surface area (Å²) in [7, 11) is 0. The Balaban J connectivity index is 2.32. The van der Waals surface area contributed by atoms with Crippen LogP contribution in [0.2, 0.25) is 0 Å². The first-order valence-electron chi connectivity index (χ1n) is 5.28. The van der Waals surface area contributed by atoms with Gasteiger partial charge in [0.1, 0.15) is 5.82 Å². The van der Waals surface area contributed by atoms with Gasteiger partial charge < -0.3 is 4.90 Å². The highest BCUT2D eigenvalue weighted by Crippen LogP contribution is 2.28. The smallest absolute Gasteiger partial charge is 0.227 e. The Hall–Kier alpha value is -2.15. The van der Waals surface area contributed by atoms with Crippen molar-refractivity contribution in [3.8, 4) is 6.07 Å². The predicted octanol–water partition coefficient (Wildman–Crippen LogP) is 2.24. The normalized spacial score (nSPS) is 19.2. The van der Waals surface area contributed by atoms with Crippen molar-refractivity contribution in [1.29, 1.82) is 5.26 Å². The molecule has 1 fully saturated rings. The molecule has 0 bridgehead atoms. The first-order valence-corrected chi connectivity index (χ1v) is 5.28. The summed E-state index contributed by atoms with van der Waals surface area (Å²) in [6, 6.07) is 5.98. The number of benzene rings is 1. The van der Waals surface area contributed by atoms with Crippen molar-refractivity contribution in [1.82, 2.24) is 0 Å². The van der Waals surface area contributed by atoms with Crippen LogP contribution in [-0.4, -0.2) is 12.5 Å². The molecule has 0 aromatic heterocycles. The standard InChI is InChI=1S/C13H11FN2O/c1-2-9-6-13(17)16(8-9)12-4-3-10(7-15)5-11(12)14/h2-5,9H,1,6,8H2. The first kappa shape index (κ1) is 11.3. The van der Waals surface area contributed by atoms with Crippen LogP contribution in [0.1, 0.15) is 12.0 Å². The van der Waals surface area contributed by atoms with Gasteiger partial charge in [-0.05, 0) is 18.2 Å². The van der Waals surface area contributed by atoms with Crippen LogP contribution in [0, 0.1) is 23.1 Å². The Morgan fingerprint density at radius 1 is 1.59 bits per heavy atom. The van der Waals surface area contributed by atoms with E-state index in [9.17, 15) is 9.18 Å². The lowest BCUT2D eigenvalue weighted by atomic mass is 10.1. The molecule has 1 saturated heterocycles. The van der Waals surface area contributed by atoms with Crippen molar-refractivity contribution in [3.63, 3.8) is 0 Å². The summed E-state index contributed by atoms with van der Waals surface area (Å²) in [5.74, 6) is -0.585. The molecular weight excluding hydrogens is 219 g/mol. The maximum atomic E-state index is 13.7. The van der Waals surface area contributed by atoms with Crippen LogP contribution >= 0.6 is 0 Å². The largest absolute Gasteiger partial charge is 0.309 e. The minimum absolute atomic E-state index is 0.0672. The summed E-state index contributed by atoms with van der Waals surface area (Å²) >= 11 is 0. The monoisotopic (exact) mass is 230 g/mol. The van der Waals surface area contributed by atoms with Crippen molar-refractivity contribution in [3.05, 3.63) is 42.2 Å².